The molecule has 0 unspecified atom stereocenters. The Morgan fingerprint density at radius 3 is 2.72 bits per heavy atom. The summed E-state index contributed by atoms with van der Waals surface area (Å²) >= 11 is 0. The molecule has 0 aromatic carbocycles. The van der Waals surface area contributed by atoms with Gasteiger partial charge in [0.2, 0.25) is 0 Å². The van der Waals surface area contributed by atoms with E-state index in [0.717, 1.165) is 12.8 Å². The largest absolute Gasteiger partial charge is 0.462 e. The number of amides is 1. The third kappa shape index (κ3) is 3.35. The van der Waals surface area contributed by atoms with Gasteiger partial charge < -0.3 is 9.30 Å². The maximum Gasteiger partial charge on any atom is 0.341 e. The van der Waals surface area contributed by atoms with Crippen molar-refractivity contribution >= 4 is 28.6 Å². The number of esters is 1. The van der Waals surface area contributed by atoms with E-state index in [0.29, 0.717) is 11.3 Å². The number of pyridine rings is 2. The monoisotopic (exact) mass is 394 g/mol. The van der Waals surface area contributed by atoms with E-state index in [1.54, 1.807) is 35.9 Å². The number of rotatable bonds is 4. The number of carbonyl (C=O) groups excluding carboxylic acids is 2. The summed E-state index contributed by atoms with van der Waals surface area (Å²) in [6.45, 7) is 5.65. The summed E-state index contributed by atoms with van der Waals surface area (Å²) in [6, 6.07) is 6.51. The van der Waals surface area contributed by atoms with Crippen LogP contribution in [0.3, 0.4) is 0 Å². The SMILES string of the molecule is CCOC(=O)c1cc2c(=O)n3ccccc3nc2n(C(C)C)c1=NC(=O)C1CC1. The number of hydrogen-bond acceptors (Lipinski definition) is 5. The number of hydrogen-bond donors (Lipinski definition) is 0. The molecule has 3 heterocycles. The third-order valence-electron chi connectivity index (χ3n) is 4.89. The van der Waals surface area contributed by atoms with Crippen LogP contribution in [0.1, 0.15) is 50.0 Å². The first kappa shape index (κ1) is 19.0. The topological polar surface area (TPSA) is 95.0 Å². The molecule has 29 heavy (non-hydrogen) atoms. The number of aromatic nitrogens is 3. The highest BCUT2D eigenvalue weighted by Gasteiger charge is 2.30. The Morgan fingerprint density at radius 1 is 1.31 bits per heavy atom. The predicted molar refractivity (Wildman–Crippen MR) is 107 cm³/mol. The van der Waals surface area contributed by atoms with Crippen LogP contribution in [0.15, 0.2) is 40.2 Å². The number of ether oxygens (including phenoxy) is 1. The third-order valence-corrected chi connectivity index (χ3v) is 4.89. The molecule has 0 bridgehead atoms. The van der Waals surface area contributed by atoms with Gasteiger partial charge in [0.25, 0.3) is 11.5 Å². The zero-order chi connectivity index (χ0) is 20.7. The molecule has 8 nitrogen and oxygen atoms in total. The molecule has 0 N–H and O–H groups in total. The summed E-state index contributed by atoms with van der Waals surface area (Å²) in [5.74, 6) is -0.984. The predicted octanol–water partition coefficient (Wildman–Crippen LogP) is 2.24. The highest BCUT2D eigenvalue weighted by atomic mass is 16.5. The van der Waals surface area contributed by atoms with Gasteiger partial charge >= 0.3 is 5.97 Å². The van der Waals surface area contributed by atoms with Crippen molar-refractivity contribution in [1.82, 2.24) is 14.0 Å². The van der Waals surface area contributed by atoms with Gasteiger partial charge in [-0.05, 0) is 51.8 Å². The maximum absolute atomic E-state index is 13.1. The molecule has 0 saturated heterocycles. The van der Waals surface area contributed by atoms with Crippen LogP contribution in [-0.2, 0) is 9.53 Å². The van der Waals surface area contributed by atoms with Crippen LogP contribution < -0.4 is 11.0 Å². The van der Waals surface area contributed by atoms with Crippen LogP contribution >= 0.6 is 0 Å². The lowest BCUT2D eigenvalue weighted by Crippen LogP contribution is -2.33. The minimum absolute atomic E-state index is 0.0943. The maximum atomic E-state index is 13.1. The van der Waals surface area contributed by atoms with Crippen molar-refractivity contribution in [2.75, 3.05) is 6.61 Å². The molecule has 1 amide bonds. The molecular formula is C21H22N4O4. The second-order valence-electron chi connectivity index (χ2n) is 7.37. The van der Waals surface area contributed by atoms with Gasteiger partial charge in [-0.1, -0.05) is 6.07 Å². The Bertz CT molecular complexity index is 1270. The standard InChI is InChI=1S/C21H22N4O4/c1-4-29-21(28)15-11-14-17(22-16-7-5-6-10-24(16)20(14)27)25(12(2)3)18(15)23-19(26)13-8-9-13/h5-7,10-13H,4,8-9H2,1-3H3. The quantitative estimate of drug-likeness (QED) is 0.500. The summed E-state index contributed by atoms with van der Waals surface area (Å²) in [5.41, 5.74) is 0.840. The van der Waals surface area contributed by atoms with Gasteiger partial charge in [-0.15, -0.1) is 0 Å². The molecule has 1 fully saturated rings. The zero-order valence-electron chi connectivity index (χ0n) is 16.6. The van der Waals surface area contributed by atoms with Crippen LogP contribution in [0.2, 0.25) is 0 Å². The van der Waals surface area contributed by atoms with Gasteiger partial charge in [-0.3, -0.25) is 14.0 Å². The summed E-state index contributed by atoms with van der Waals surface area (Å²) in [4.78, 5) is 47.2. The summed E-state index contributed by atoms with van der Waals surface area (Å²) < 4.78 is 8.29. The average Bonchev–Trinajstić information content (AvgIpc) is 3.53. The fraction of sp³-hybridized carbons (Fsp3) is 0.381. The molecule has 3 aromatic heterocycles. The Balaban J connectivity index is 2.17. The summed E-state index contributed by atoms with van der Waals surface area (Å²) in [5, 5.41) is 0.267. The van der Waals surface area contributed by atoms with E-state index in [4.69, 9.17) is 4.74 Å². The lowest BCUT2D eigenvalue weighted by Gasteiger charge is -2.17. The van der Waals surface area contributed by atoms with E-state index in [2.05, 4.69) is 9.98 Å². The van der Waals surface area contributed by atoms with E-state index in [1.807, 2.05) is 13.8 Å². The molecule has 0 radical (unpaired) electrons. The molecule has 3 aromatic rings. The van der Waals surface area contributed by atoms with Gasteiger partial charge in [-0.2, -0.15) is 4.99 Å². The van der Waals surface area contributed by atoms with Crippen molar-refractivity contribution in [2.24, 2.45) is 10.9 Å². The van der Waals surface area contributed by atoms with Gasteiger partial charge in [-0.25, -0.2) is 9.78 Å². The van der Waals surface area contributed by atoms with Crippen molar-refractivity contribution < 1.29 is 14.3 Å². The second kappa shape index (κ2) is 7.27. The van der Waals surface area contributed by atoms with E-state index in [-0.39, 0.29) is 46.5 Å². The fourth-order valence-electron chi connectivity index (χ4n) is 3.33. The molecule has 1 aliphatic rings. The van der Waals surface area contributed by atoms with Crippen molar-refractivity contribution in [2.45, 2.75) is 39.7 Å². The summed E-state index contributed by atoms with van der Waals surface area (Å²) in [7, 11) is 0. The van der Waals surface area contributed by atoms with E-state index < -0.39 is 5.97 Å². The zero-order valence-corrected chi connectivity index (χ0v) is 16.6. The van der Waals surface area contributed by atoms with Gasteiger partial charge in [0.15, 0.2) is 5.49 Å². The van der Waals surface area contributed by atoms with Crippen molar-refractivity contribution in [3.63, 3.8) is 0 Å². The summed E-state index contributed by atoms with van der Waals surface area (Å²) in [6.07, 6.45) is 3.23. The van der Waals surface area contributed by atoms with Gasteiger partial charge in [0, 0.05) is 18.2 Å². The number of carbonyl (C=O) groups is 2. The average molecular weight is 394 g/mol. The van der Waals surface area contributed by atoms with Crippen LogP contribution in [0, 0.1) is 5.92 Å². The van der Waals surface area contributed by atoms with E-state index in [9.17, 15) is 14.4 Å². The highest BCUT2D eigenvalue weighted by molar-refractivity contribution is 5.94. The normalized spacial score (nSPS) is 14.7. The molecule has 1 aliphatic carbocycles. The van der Waals surface area contributed by atoms with Gasteiger partial charge in [0.05, 0.1) is 12.0 Å². The first-order chi connectivity index (χ1) is 13.9. The molecule has 0 spiro atoms. The molecule has 150 valence electrons. The van der Waals surface area contributed by atoms with Crippen LogP contribution in [0.4, 0.5) is 0 Å². The first-order valence-electron chi connectivity index (χ1n) is 9.74. The van der Waals surface area contributed by atoms with E-state index in [1.165, 1.54) is 10.5 Å². The first-order valence-corrected chi connectivity index (χ1v) is 9.74. The van der Waals surface area contributed by atoms with Crippen LogP contribution in [-0.4, -0.2) is 32.4 Å². The lowest BCUT2D eigenvalue weighted by molar-refractivity contribution is -0.119. The van der Waals surface area contributed by atoms with Gasteiger partial charge in [0.1, 0.15) is 16.9 Å². The van der Waals surface area contributed by atoms with E-state index >= 15 is 0 Å². The van der Waals surface area contributed by atoms with Crippen LogP contribution in [0.5, 0.6) is 0 Å². The second-order valence-corrected chi connectivity index (χ2v) is 7.37. The Kier molecular flexibility index (Phi) is 4.77. The molecule has 1 saturated carbocycles. The number of fused-ring (bicyclic) bond motifs is 2. The minimum Gasteiger partial charge on any atom is -0.462 e. The Labute approximate surface area is 166 Å². The molecule has 4 rings (SSSR count). The minimum atomic E-state index is -0.622. The van der Waals surface area contributed by atoms with Crippen molar-refractivity contribution in [3.05, 3.63) is 51.9 Å². The van der Waals surface area contributed by atoms with Crippen molar-refractivity contribution in [1.29, 1.82) is 0 Å². The molecular weight excluding hydrogens is 372 g/mol. The lowest BCUT2D eigenvalue weighted by atomic mass is 10.2. The van der Waals surface area contributed by atoms with Crippen molar-refractivity contribution in [3.8, 4) is 0 Å². The molecule has 0 aliphatic heterocycles. The highest BCUT2D eigenvalue weighted by Crippen LogP contribution is 2.30. The number of nitrogens with zero attached hydrogens (tertiary/aromatic N) is 4. The Morgan fingerprint density at radius 2 is 2.07 bits per heavy atom. The molecule has 0 atom stereocenters. The Hall–Kier alpha value is -3.29. The van der Waals surface area contributed by atoms with Crippen LogP contribution in [0.25, 0.3) is 16.7 Å². The smallest absolute Gasteiger partial charge is 0.341 e. The fourth-order valence-corrected chi connectivity index (χ4v) is 3.33. The molecule has 8 heteroatoms.